The van der Waals surface area contributed by atoms with Crippen molar-refractivity contribution >= 4 is 35.0 Å². The van der Waals surface area contributed by atoms with Crippen LogP contribution in [0, 0.1) is 5.41 Å². The fourth-order valence-corrected chi connectivity index (χ4v) is 7.43. The van der Waals surface area contributed by atoms with Gasteiger partial charge in [-0.2, -0.15) is 0 Å². The summed E-state index contributed by atoms with van der Waals surface area (Å²) in [5.41, 5.74) is 4.86. The zero-order valence-electron chi connectivity index (χ0n) is 28.0. The highest BCUT2D eigenvalue weighted by Crippen LogP contribution is 2.55. The minimum absolute atomic E-state index is 0.000542. The van der Waals surface area contributed by atoms with Crippen molar-refractivity contribution in [3.05, 3.63) is 71.4 Å². The fourth-order valence-electron chi connectivity index (χ4n) is 7.43. The third-order valence-electron chi connectivity index (χ3n) is 10.4. The van der Waals surface area contributed by atoms with Crippen LogP contribution in [0.2, 0.25) is 0 Å². The van der Waals surface area contributed by atoms with Crippen molar-refractivity contribution in [2.75, 3.05) is 52.9 Å². The summed E-state index contributed by atoms with van der Waals surface area (Å²) in [6.45, 7) is 2.11. The number of methoxy groups -OCH3 is 3. The molecule has 4 aliphatic heterocycles. The Bertz CT molecular complexity index is 1870. The van der Waals surface area contributed by atoms with E-state index in [1.165, 1.54) is 12.8 Å². The molecule has 2 amide bonds. The second kappa shape index (κ2) is 12.4. The molecule has 1 N–H and O–H groups in total. The Morgan fingerprint density at radius 1 is 0.857 bits per heavy atom. The van der Waals surface area contributed by atoms with Gasteiger partial charge >= 0.3 is 0 Å². The summed E-state index contributed by atoms with van der Waals surface area (Å²) >= 11 is 0. The molecule has 1 saturated carbocycles. The van der Waals surface area contributed by atoms with Crippen LogP contribution in [0.25, 0.3) is 5.57 Å². The molecular formula is C38H40N4O7. The number of carbonyl (C=O) groups is 2. The number of nitrogens with zero attached hydrogens (tertiary/aromatic N) is 3. The lowest BCUT2D eigenvalue weighted by molar-refractivity contribution is 0.0765. The standard InChI is InChI=1S/C38H40N4O7/c1-45-27-7-5-23(6-8-27)24-13-25-19-39-30-16-34(32(46-2)14-28(30)36(43)41(25)21-24)48-11-4-12-49-35-17-31-29(15-33(35)47-3)37(44)42-22-38(9-10-38)18-26(42)20-40-31/h5-8,14-17,20-21,25-26,39H,4,9-13,18-19,22H2,1-3H3/t25-,26-/m0/s1. The van der Waals surface area contributed by atoms with E-state index in [4.69, 9.17) is 28.7 Å². The van der Waals surface area contributed by atoms with E-state index in [0.29, 0.717) is 77.1 Å². The van der Waals surface area contributed by atoms with Gasteiger partial charge in [0.1, 0.15) is 5.75 Å². The second-order valence-corrected chi connectivity index (χ2v) is 13.4. The van der Waals surface area contributed by atoms with Crippen molar-refractivity contribution in [1.29, 1.82) is 0 Å². The molecule has 1 spiro atoms. The van der Waals surface area contributed by atoms with Gasteiger partial charge in [-0.15, -0.1) is 0 Å². The maximum absolute atomic E-state index is 13.7. The smallest absolute Gasteiger partial charge is 0.260 e. The normalized spacial score (nSPS) is 21.1. The van der Waals surface area contributed by atoms with E-state index in [1.807, 2.05) is 52.5 Å². The summed E-state index contributed by atoms with van der Waals surface area (Å²) in [4.78, 5) is 35.7. The number of fused-ring (bicyclic) bond motifs is 4. The summed E-state index contributed by atoms with van der Waals surface area (Å²) < 4.78 is 28.8. The first-order chi connectivity index (χ1) is 23.9. The third kappa shape index (κ3) is 5.70. The number of aliphatic imine (C=N–C) groups is 1. The third-order valence-corrected chi connectivity index (χ3v) is 10.4. The largest absolute Gasteiger partial charge is 0.497 e. The lowest BCUT2D eigenvalue weighted by atomic mass is 10.0. The Balaban J connectivity index is 0.910. The van der Waals surface area contributed by atoms with E-state index in [0.717, 1.165) is 36.3 Å². The van der Waals surface area contributed by atoms with Crippen LogP contribution in [0.1, 0.15) is 58.4 Å². The van der Waals surface area contributed by atoms with Crippen molar-refractivity contribution in [3.8, 4) is 28.7 Å². The molecule has 0 unspecified atom stereocenters. The van der Waals surface area contributed by atoms with Gasteiger partial charge in [0.05, 0.1) is 69.1 Å². The number of nitrogens with one attached hydrogen (secondary N) is 1. The summed E-state index contributed by atoms with van der Waals surface area (Å²) in [6.07, 6.45) is 8.55. The van der Waals surface area contributed by atoms with Crippen molar-refractivity contribution < 1.29 is 33.3 Å². The van der Waals surface area contributed by atoms with Gasteiger partial charge in [-0.25, -0.2) is 0 Å². The first-order valence-corrected chi connectivity index (χ1v) is 16.8. The topological polar surface area (TPSA) is 111 Å². The summed E-state index contributed by atoms with van der Waals surface area (Å²) in [6, 6.07) is 15.1. The molecule has 0 radical (unpaired) electrons. The SMILES string of the molecule is COc1ccc(C2=CN3C(=O)c4cc(OC)c(OCCCOc5cc6c(cc5OC)C(=O)N5CC7(CC7)C[C@H]5C=N6)cc4NC[C@@H]3C2)cc1. The van der Waals surface area contributed by atoms with Crippen LogP contribution in [0.5, 0.6) is 28.7 Å². The van der Waals surface area contributed by atoms with Gasteiger partial charge in [0, 0.05) is 44.1 Å². The molecule has 11 nitrogen and oxygen atoms in total. The molecule has 3 aromatic carbocycles. The van der Waals surface area contributed by atoms with Crippen LogP contribution in [0.4, 0.5) is 11.4 Å². The molecule has 8 rings (SSSR count). The molecule has 254 valence electrons. The maximum atomic E-state index is 13.7. The molecule has 1 aliphatic carbocycles. The molecule has 0 bridgehead atoms. The molecule has 2 atom stereocenters. The highest BCUT2D eigenvalue weighted by molar-refractivity contribution is 6.04. The van der Waals surface area contributed by atoms with Crippen molar-refractivity contribution in [2.24, 2.45) is 10.4 Å². The number of rotatable bonds is 10. The summed E-state index contributed by atoms with van der Waals surface area (Å²) in [5.74, 6) is 2.77. The van der Waals surface area contributed by atoms with Crippen LogP contribution >= 0.6 is 0 Å². The molecule has 1 saturated heterocycles. The van der Waals surface area contributed by atoms with Crippen LogP contribution in [-0.4, -0.2) is 87.5 Å². The first-order valence-electron chi connectivity index (χ1n) is 16.8. The van der Waals surface area contributed by atoms with Crippen LogP contribution in [0.15, 0.2) is 59.7 Å². The van der Waals surface area contributed by atoms with E-state index < -0.39 is 0 Å². The Kier molecular flexibility index (Phi) is 7.85. The molecule has 5 aliphatic rings. The van der Waals surface area contributed by atoms with Gasteiger partial charge in [-0.1, -0.05) is 12.1 Å². The number of benzene rings is 3. The van der Waals surface area contributed by atoms with E-state index in [-0.39, 0.29) is 23.9 Å². The summed E-state index contributed by atoms with van der Waals surface area (Å²) in [5, 5.41) is 3.47. The van der Waals surface area contributed by atoms with Gasteiger partial charge < -0.3 is 38.8 Å². The Morgan fingerprint density at radius 2 is 1.57 bits per heavy atom. The van der Waals surface area contributed by atoms with E-state index >= 15 is 0 Å². The van der Waals surface area contributed by atoms with Crippen molar-refractivity contribution in [2.45, 2.75) is 44.2 Å². The Labute approximate surface area is 285 Å². The lowest BCUT2D eigenvalue weighted by Gasteiger charge is -2.21. The number of amides is 2. The molecule has 11 heteroatoms. The molecular weight excluding hydrogens is 624 g/mol. The average molecular weight is 665 g/mol. The van der Waals surface area contributed by atoms with Crippen LogP contribution in [0.3, 0.4) is 0 Å². The number of ether oxygens (including phenoxy) is 5. The quantitative estimate of drug-likeness (QED) is 0.265. The lowest BCUT2D eigenvalue weighted by Crippen LogP contribution is -2.35. The van der Waals surface area contributed by atoms with E-state index in [1.54, 1.807) is 39.5 Å². The fraction of sp³-hybridized carbons (Fsp3) is 0.395. The van der Waals surface area contributed by atoms with Crippen LogP contribution in [-0.2, 0) is 0 Å². The number of anilines is 1. The molecule has 0 aromatic heterocycles. The van der Waals surface area contributed by atoms with E-state index in [2.05, 4.69) is 5.32 Å². The van der Waals surface area contributed by atoms with Gasteiger partial charge in [0.25, 0.3) is 11.8 Å². The minimum Gasteiger partial charge on any atom is -0.497 e. The predicted molar refractivity (Wildman–Crippen MR) is 185 cm³/mol. The molecule has 4 heterocycles. The maximum Gasteiger partial charge on any atom is 0.260 e. The van der Waals surface area contributed by atoms with Crippen molar-refractivity contribution in [1.82, 2.24) is 9.80 Å². The highest BCUT2D eigenvalue weighted by atomic mass is 16.5. The first kappa shape index (κ1) is 31.1. The zero-order valence-corrected chi connectivity index (χ0v) is 28.0. The number of hydrogen-bond donors (Lipinski definition) is 1. The van der Waals surface area contributed by atoms with Crippen molar-refractivity contribution in [3.63, 3.8) is 0 Å². The van der Waals surface area contributed by atoms with Gasteiger partial charge in [-0.05, 0) is 66.5 Å². The molecule has 3 aromatic rings. The summed E-state index contributed by atoms with van der Waals surface area (Å²) in [7, 11) is 4.79. The Hall–Kier alpha value is -5.19. The number of carbonyl (C=O) groups excluding carboxylic acids is 2. The average Bonchev–Trinajstić information content (AvgIpc) is 3.66. The highest BCUT2D eigenvalue weighted by Gasteiger charge is 2.53. The van der Waals surface area contributed by atoms with Gasteiger partial charge in [-0.3, -0.25) is 14.6 Å². The minimum atomic E-state index is -0.0836. The van der Waals surface area contributed by atoms with Crippen LogP contribution < -0.4 is 29.0 Å². The van der Waals surface area contributed by atoms with Gasteiger partial charge in [0.15, 0.2) is 23.0 Å². The molecule has 49 heavy (non-hydrogen) atoms. The van der Waals surface area contributed by atoms with Gasteiger partial charge in [0.2, 0.25) is 0 Å². The van der Waals surface area contributed by atoms with E-state index in [9.17, 15) is 9.59 Å². The monoisotopic (exact) mass is 664 g/mol. The second-order valence-electron chi connectivity index (χ2n) is 13.4. The predicted octanol–water partition coefficient (Wildman–Crippen LogP) is 5.95. The zero-order chi connectivity index (χ0) is 33.7. The Morgan fingerprint density at radius 3 is 2.27 bits per heavy atom. The number of hydrogen-bond acceptors (Lipinski definition) is 9. The molecule has 2 fully saturated rings.